The molecule has 0 aliphatic carbocycles. The van der Waals surface area contributed by atoms with Gasteiger partial charge in [0.05, 0.1) is 11.7 Å². The highest BCUT2D eigenvalue weighted by Gasteiger charge is 2.05. The van der Waals surface area contributed by atoms with Crippen LogP contribution in [0.4, 0.5) is 0 Å². The summed E-state index contributed by atoms with van der Waals surface area (Å²) in [5.41, 5.74) is 7.95. The van der Waals surface area contributed by atoms with E-state index in [1.165, 1.54) is 0 Å². The van der Waals surface area contributed by atoms with Crippen LogP contribution in [0.5, 0.6) is 0 Å². The Balaban J connectivity index is 2.70. The van der Waals surface area contributed by atoms with Gasteiger partial charge in [0.15, 0.2) is 0 Å². The highest BCUT2D eigenvalue weighted by atomic mass is 15.2. The molecular formula is C9H11N3. The fourth-order valence-corrected chi connectivity index (χ4v) is 1.31. The molecule has 0 spiro atoms. The van der Waals surface area contributed by atoms with Crippen molar-refractivity contribution in [2.24, 2.45) is 5.73 Å². The topological polar surface area (TPSA) is 43.3 Å². The summed E-state index contributed by atoms with van der Waals surface area (Å²) in [7, 11) is 0. The van der Waals surface area contributed by atoms with Gasteiger partial charge in [-0.05, 0) is 19.1 Å². The first-order chi connectivity index (χ1) is 5.79. The van der Waals surface area contributed by atoms with E-state index in [0.717, 1.165) is 11.1 Å². The molecule has 3 nitrogen and oxygen atoms in total. The van der Waals surface area contributed by atoms with Crippen LogP contribution < -0.4 is 5.73 Å². The lowest BCUT2D eigenvalue weighted by Crippen LogP contribution is -2.03. The molecule has 2 rings (SSSR count). The minimum absolute atomic E-state index is 0.0462. The molecule has 0 saturated carbocycles. The minimum Gasteiger partial charge on any atom is -0.324 e. The Morgan fingerprint density at radius 1 is 1.50 bits per heavy atom. The van der Waals surface area contributed by atoms with Crippen LogP contribution in [-0.4, -0.2) is 9.61 Å². The van der Waals surface area contributed by atoms with Gasteiger partial charge in [0.2, 0.25) is 0 Å². The van der Waals surface area contributed by atoms with Crippen LogP contribution in [-0.2, 0) is 0 Å². The summed E-state index contributed by atoms with van der Waals surface area (Å²) >= 11 is 0. The van der Waals surface area contributed by atoms with Crippen molar-refractivity contribution in [3.8, 4) is 0 Å². The molecule has 0 fully saturated rings. The van der Waals surface area contributed by atoms with Crippen LogP contribution in [0.3, 0.4) is 0 Å². The Morgan fingerprint density at radius 2 is 2.33 bits per heavy atom. The van der Waals surface area contributed by atoms with E-state index < -0.39 is 0 Å². The number of hydrogen-bond donors (Lipinski definition) is 1. The maximum Gasteiger partial charge on any atom is 0.0709 e. The third-order valence-electron chi connectivity index (χ3n) is 1.95. The van der Waals surface area contributed by atoms with Crippen LogP contribution in [0.15, 0.2) is 30.6 Å². The van der Waals surface area contributed by atoms with E-state index in [9.17, 15) is 0 Å². The molecule has 0 unspecified atom stereocenters. The first kappa shape index (κ1) is 7.31. The summed E-state index contributed by atoms with van der Waals surface area (Å²) in [4.78, 5) is 0. The van der Waals surface area contributed by atoms with Gasteiger partial charge in [-0.3, -0.25) is 0 Å². The maximum atomic E-state index is 5.77. The minimum atomic E-state index is 0.0462. The number of fused-ring (bicyclic) bond motifs is 1. The quantitative estimate of drug-likeness (QED) is 0.686. The monoisotopic (exact) mass is 161 g/mol. The van der Waals surface area contributed by atoms with Crippen molar-refractivity contribution in [3.05, 3.63) is 36.2 Å². The van der Waals surface area contributed by atoms with Crippen molar-refractivity contribution in [1.29, 1.82) is 0 Å². The molecule has 2 N–H and O–H groups in total. The Kier molecular flexibility index (Phi) is 1.59. The lowest BCUT2D eigenvalue weighted by Gasteiger charge is -2.00. The van der Waals surface area contributed by atoms with Gasteiger partial charge in [0, 0.05) is 17.8 Å². The highest BCUT2D eigenvalue weighted by Crippen LogP contribution is 2.15. The second kappa shape index (κ2) is 2.60. The molecule has 1 atom stereocenters. The summed E-state index contributed by atoms with van der Waals surface area (Å²) in [6.07, 6.45) is 3.74. The number of nitrogens with two attached hydrogens (primary N) is 1. The Morgan fingerprint density at radius 3 is 3.08 bits per heavy atom. The molecule has 12 heavy (non-hydrogen) atoms. The summed E-state index contributed by atoms with van der Waals surface area (Å²) < 4.78 is 1.83. The lowest BCUT2D eigenvalue weighted by molar-refractivity contribution is 0.826. The fraction of sp³-hybridized carbons (Fsp3) is 0.222. The van der Waals surface area contributed by atoms with E-state index in [-0.39, 0.29) is 6.04 Å². The molecule has 0 aliphatic heterocycles. The predicted molar refractivity (Wildman–Crippen MR) is 47.8 cm³/mol. The Labute approximate surface area is 70.8 Å². The zero-order chi connectivity index (χ0) is 8.55. The van der Waals surface area contributed by atoms with E-state index in [2.05, 4.69) is 5.10 Å². The van der Waals surface area contributed by atoms with Gasteiger partial charge >= 0.3 is 0 Å². The average molecular weight is 161 g/mol. The second-order valence-electron chi connectivity index (χ2n) is 2.92. The SMILES string of the molecule is C[C@@H](N)c1cnn2ccccc12. The standard InChI is InChI=1S/C9H11N3/c1-7(10)8-6-11-12-5-3-2-4-9(8)12/h2-7H,10H2,1H3/t7-/m1/s1. The normalized spacial score (nSPS) is 13.5. The van der Waals surface area contributed by atoms with E-state index in [0.29, 0.717) is 0 Å². The van der Waals surface area contributed by atoms with Gasteiger partial charge < -0.3 is 5.73 Å². The fourth-order valence-electron chi connectivity index (χ4n) is 1.31. The van der Waals surface area contributed by atoms with Gasteiger partial charge in [0.25, 0.3) is 0 Å². The molecule has 62 valence electrons. The van der Waals surface area contributed by atoms with Crippen molar-refractivity contribution < 1.29 is 0 Å². The first-order valence-corrected chi connectivity index (χ1v) is 3.97. The van der Waals surface area contributed by atoms with Crippen molar-refractivity contribution in [2.45, 2.75) is 13.0 Å². The molecule has 0 radical (unpaired) electrons. The number of hydrogen-bond acceptors (Lipinski definition) is 2. The zero-order valence-electron chi connectivity index (χ0n) is 6.94. The Bertz CT molecular complexity index is 389. The van der Waals surface area contributed by atoms with Crippen molar-refractivity contribution in [2.75, 3.05) is 0 Å². The van der Waals surface area contributed by atoms with Crippen LogP contribution in [0.25, 0.3) is 5.52 Å². The third kappa shape index (κ3) is 0.987. The smallest absolute Gasteiger partial charge is 0.0709 e. The second-order valence-corrected chi connectivity index (χ2v) is 2.92. The summed E-state index contributed by atoms with van der Waals surface area (Å²) in [5, 5.41) is 4.18. The molecule has 2 aromatic heterocycles. The highest BCUT2D eigenvalue weighted by molar-refractivity contribution is 5.54. The molecule has 2 heterocycles. The van der Waals surface area contributed by atoms with Gasteiger partial charge in [-0.1, -0.05) is 6.07 Å². The first-order valence-electron chi connectivity index (χ1n) is 3.97. The van der Waals surface area contributed by atoms with Crippen LogP contribution in [0, 0.1) is 0 Å². The van der Waals surface area contributed by atoms with Crippen LogP contribution in [0.1, 0.15) is 18.5 Å². The molecule has 0 amide bonds. The van der Waals surface area contributed by atoms with E-state index in [1.54, 1.807) is 0 Å². The van der Waals surface area contributed by atoms with Gasteiger partial charge in [-0.15, -0.1) is 0 Å². The lowest BCUT2D eigenvalue weighted by atomic mass is 10.1. The van der Waals surface area contributed by atoms with E-state index in [1.807, 2.05) is 42.0 Å². The molecule has 0 aromatic carbocycles. The van der Waals surface area contributed by atoms with E-state index in [4.69, 9.17) is 5.73 Å². The number of nitrogens with zero attached hydrogens (tertiary/aromatic N) is 2. The van der Waals surface area contributed by atoms with Gasteiger partial charge in [-0.2, -0.15) is 5.10 Å². The molecule has 0 bridgehead atoms. The van der Waals surface area contributed by atoms with Crippen LogP contribution in [0.2, 0.25) is 0 Å². The zero-order valence-corrected chi connectivity index (χ0v) is 6.94. The summed E-state index contributed by atoms with van der Waals surface area (Å²) in [6.45, 7) is 1.96. The summed E-state index contributed by atoms with van der Waals surface area (Å²) in [5.74, 6) is 0. The number of aromatic nitrogens is 2. The molecule has 0 saturated heterocycles. The number of rotatable bonds is 1. The van der Waals surface area contributed by atoms with Gasteiger partial charge in [0.1, 0.15) is 0 Å². The van der Waals surface area contributed by atoms with E-state index >= 15 is 0 Å². The molecule has 0 aliphatic rings. The largest absolute Gasteiger partial charge is 0.324 e. The van der Waals surface area contributed by atoms with Crippen molar-refractivity contribution >= 4 is 5.52 Å². The van der Waals surface area contributed by atoms with Gasteiger partial charge in [-0.25, -0.2) is 4.52 Å². The average Bonchev–Trinajstić information content (AvgIpc) is 2.47. The molecule has 2 aromatic rings. The van der Waals surface area contributed by atoms with Crippen molar-refractivity contribution in [1.82, 2.24) is 9.61 Å². The number of pyridine rings is 1. The predicted octanol–water partition coefficient (Wildman–Crippen LogP) is 1.35. The van der Waals surface area contributed by atoms with Crippen molar-refractivity contribution in [3.63, 3.8) is 0 Å². The van der Waals surface area contributed by atoms with Crippen LogP contribution >= 0.6 is 0 Å². The summed E-state index contributed by atoms with van der Waals surface area (Å²) in [6, 6.07) is 6.00. The third-order valence-corrected chi connectivity index (χ3v) is 1.95. The maximum absolute atomic E-state index is 5.77. The molecule has 3 heteroatoms. The Hall–Kier alpha value is -1.35. The molecular weight excluding hydrogens is 150 g/mol.